The van der Waals surface area contributed by atoms with Crippen LogP contribution in [-0.4, -0.2) is 28.8 Å². The second kappa shape index (κ2) is 7.37. The molecule has 0 aliphatic heterocycles. The van der Waals surface area contributed by atoms with Crippen molar-refractivity contribution in [3.05, 3.63) is 63.2 Å². The van der Waals surface area contributed by atoms with Gasteiger partial charge in [-0.15, -0.1) is 0 Å². The number of ether oxygens (including phenoxy) is 1. The third kappa shape index (κ3) is 4.79. The van der Waals surface area contributed by atoms with Gasteiger partial charge in [-0.1, -0.05) is 11.6 Å². The minimum Gasteiger partial charge on any atom is -0.480 e. The quantitative estimate of drug-likeness (QED) is 0.495. The molecule has 2 aromatic rings. The Labute approximate surface area is 136 Å². The van der Waals surface area contributed by atoms with Gasteiger partial charge in [-0.05, 0) is 35.9 Å². The molecule has 118 valence electrons. The lowest BCUT2D eigenvalue weighted by Crippen LogP contribution is -2.09. The van der Waals surface area contributed by atoms with Gasteiger partial charge >= 0.3 is 5.97 Å². The number of nitro groups is 1. The van der Waals surface area contributed by atoms with Gasteiger partial charge in [0.1, 0.15) is 5.75 Å². The molecule has 0 spiro atoms. The van der Waals surface area contributed by atoms with Crippen molar-refractivity contribution >= 4 is 35.2 Å². The van der Waals surface area contributed by atoms with Crippen LogP contribution in [0.3, 0.4) is 0 Å². The van der Waals surface area contributed by atoms with Crippen LogP contribution >= 0.6 is 11.6 Å². The summed E-state index contributed by atoms with van der Waals surface area (Å²) in [6.07, 6.45) is 1.54. The topological polar surface area (TPSA) is 102 Å². The summed E-state index contributed by atoms with van der Waals surface area (Å²) in [5.41, 5.74) is 1.22. The molecular formula is C15H11ClN2O5. The molecule has 2 rings (SSSR count). The molecule has 0 fully saturated rings. The van der Waals surface area contributed by atoms with Crippen molar-refractivity contribution < 1.29 is 19.6 Å². The van der Waals surface area contributed by atoms with Gasteiger partial charge in [0.05, 0.1) is 15.6 Å². The molecular weight excluding hydrogens is 324 g/mol. The van der Waals surface area contributed by atoms with E-state index in [1.807, 2.05) is 0 Å². The van der Waals surface area contributed by atoms with Crippen LogP contribution < -0.4 is 4.74 Å². The van der Waals surface area contributed by atoms with Gasteiger partial charge in [-0.2, -0.15) is 0 Å². The fraction of sp³-hybridized carbons (Fsp3) is 0.0667. The first-order valence-electron chi connectivity index (χ1n) is 6.38. The number of carboxylic acid groups (broad SMARTS) is 1. The Bertz CT molecular complexity index is 759. The van der Waals surface area contributed by atoms with Crippen molar-refractivity contribution in [3.63, 3.8) is 0 Å². The second-order valence-electron chi connectivity index (χ2n) is 4.40. The Morgan fingerprint density at radius 1 is 1.30 bits per heavy atom. The maximum atomic E-state index is 10.6. The van der Waals surface area contributed by atoms with Gasteiger partial charge in [-0.3, -0.25) is 15.1 Å². The van der Waals surface area contributed by atoms with Crippen molar-refractivity contribution in [2.75, 3.05) is 6.61 Å². The molecule has 0 aromatic heterocycles. The average Bonchev–Trinajstić information content (AvgIpc) is 2.52. The highest BCUT2D eigenvalue weighted by Gasteiger charge is 2.05. The Balaban J connectivity index is 2.08. The Morgan fingerprint density at radius 2 is 2.00 bits per heavy atom. The zero-order valence-corrected chi connectivity index (χ0v) is 12.4. The number of nitrogens with zero attached hydrogens (tertiary/aromatic N) is 2. The highest BCUT2D eigenvalue weighted by molar-refractivity contribution is 6.32. The van der Waals surface area contributed by atoms with Gasteiger partial charge in [0, 0.05) is 18.3 Å². The number of aliphatic imine (C=N–C) groups is 1. The monoisotopic (exact) mass is 334 g/mol. The minimum atomic E-state index is -1.09. The van der Waals surface area contributed by atoms with E-state index in [0.717, 1.165) is 0 Å². The summed E-state index contributed by atoms with van der Waals surface area (Å²) in [7, 11) is 0. The van der Waals surface area contributed by atoms with Crippen LogP contribution in [0.1, 0.15) is 5.56 Å². The van der Waals surface area contributed by atoms with Crippen molar-refractivity contribution in [2.45, 2.75) is 0 Å². The number of aliphatic carboxylic acids is 1. The summed E-state index contributed by atoms with van der Waals surface area (Å²) in [4.78, 5) is 24.7. The fourth-order valence-electron chi connectivity index (χ4n) is 1.66. The number of hydrogen-bond donors (Lipinski definition) is 1. The average molecular weight is 335 g/mol. The summed E-state index contributed by atoms with van der Waals surface area (Å²) >= 11 is 6.00. The highest BCUT2D eigenvalue weighted by atomic mass is 35.5. The number of hydrogen-bond acceptors (Lipinski definition) is 5. The van der Waals surface area contributed by atoms with Gasteiger partial charge in [-0.25, -0.2) is 4.79 Å². The molecule has 0 aliphatic carbocycles. The number of benzene rings is 2. The molecule has 0 unspecified atom stereocenters. The number of carbonyl (C=O) groups is 1. The summed E-state index contributed by atoms with van der Waals surface area (Å²) in [5.74, 6) is -0.827. The Hall–Kier alpha value is -2.93. The Kier molecular flexibility index (Phi) is 5.27. The smallest absolute Gasteiger partial charge is 0.341 e. The van der Waals surface area contributed by atoms with E-state index in [1.54, 1.807) is 18.2 Å². The lowest BCUT2D eigenvalue weighted by atomic mass is 10.2. The lowest BCUT2D eigenvalue weighted by Gasteiger charge is -2.05. The first-order chi connectivity index (χ1) is 11.0. The maximum Gasteiger partial charge on any atom is 0.341 e. The summed E-state index contributed by atoms with van der Waals surface area (Å²) in [6.45, 7) is -0.476. The van der Waals surface area contributed by atoms with Gasteiger partial charge in [0.15, 0.2) is 6.61 Å². The number of non-ortho nitro benzene ring substituents is 1. The van der Waals surface area contributed by atoms with Crippen molar-refractivity contribution in [1.29, 1.82) is 0 Å². The molecule has 0 radical (unpaired) electrons. The van der Waals surface area contributed by atoms with Crippen LogP contribution in [0, 0.1) is 10.1 Å². The maximum absolute atomic E-state index is 10.6. The molecule has 0 saturated carbocycles. The predicted octanol–water partition coefficient (Wildman–Crippen LogP) is 3.46. The molecule has 7 nitrogen and oxygen atoms in total. The van der Waals surface area contributed by atoms with E-state index in [9.17, 15) is 14.9 Å². The second-order valence-corrected chi connectivity index (χ2v) is 4.81. The van der Waals surface area contributed by atoms with Crippen LogP contribution in [0.5, 0.6) is 5.75 Å². The van der Waals surface area contributed by atoms with E-state index in [2.05, 4.69) is 4.99 Å². The predicted molar refractivity (Wildman–Crippen MR) is 84.9 cm³/mol. The van der Waals surface area contributed by atoms with Gasteiger partial charge < -0.3 is 9.84 Å². The molecule has 0 amide bonds. The molecule has 0 aliphatic rings. The summed E-state index contributed by atoms with van der Waals surface area (Å²) < 4.78 is 5.01. The normalized spacial score (nSPS) is 10.7. The zero-order chi connectivity index (χ0) is 16.8. The summed E-state index contributed by atoms with van der Waals surface area (Å²) in [5, 5.41) is 19.4. The van der Waals surface area contributed by atoms with Crippen LogP contribution in [0.25, 0.3) is 0 Å². The minimum absolute atomic E-state index is 0.00748. The van der Waals surface area contributed by atoms with Crippen LogP contribution in [0.15, 0.2) is 47.5 Å². The SMILES string of the molecule is O=C(O)COc1ccc(C=Nc2ccc([N+](=O)[O-])cc2)cc1Cl. The largest absolute Gasteiger partial charge is 0.480 e. The molecule has 0 saturated heterocycles. The summed E-state index contributed by atoms with van der Waals surface area (Å²) in [6, 6.07) is 10.6. The van der Waals surface area contributed by atoms with E-state index in [1.165, 1.54) is 30.5 Å². The van der Waals surface area contributed by atoms with Crippen LogP contribution in [-0.2, 0) is 4.79 Å². The zero-order valence-electron chi connectivity index (χ0n) is 11.7. The van der Waals surface area contributed by atoms with E-state index in [-0.39, 0.29) is 16.5 Å². The fourth-order valence-corrected chi connectivity index (χ4v) is 1.91. The van der Waals surface area contributed by atoms with Crippen molar-refractivity contribution in [1.82, 2.24) is 0 Å². The molecule has 0 atom stereocenters. The first kappa shape index (κ1) is 16.4. The number of rotatable bonds is 6. The molecule has 8 heteroatoms. The van der Waals surface area contributed by atoms with Crippen molar-refractivity contribution in [2.24, 2.45) is 4.99 Å². The van der Waals surface area contributed by atoms with E-state index in [0.29, 0.717) is 11.3 Å². The Morgan fingerprint density at radius 3 is 2.57 bits per heavy atom. The molecule has 0 heterocycles. The molecule has 0 bridgehead atoms. The third-order valence-corrected chi connectivity index (χ3v) is 3.03. The highest BCUT2D eigenvalue weighted by Crippen LogP contribution is 2.25. The number of carboxylic acids is 1. The van der Waals surface area contributed by atoms with Gasteiger partial charge in [0.25, 0.3) is 5.69 Å². The standard InChI is InChI=1S/C15H11ClN2O5/c16-13-7-10(1-6-14(13)23-9-15(19)20)8-17-11-2-4-12(5-3-11)18(21)22/h1-8H,9H2,(H,19,20). The van der Waals surface area contributed by atoms with Crippen molar-refractivity contribution in [3.8, 4) is 5.75 Å². The molecule has 1 N–H and O–H groups in total. The first-order valence-corrected chi connectivity index (χ1v) is 6.76. The van der Waals surface area contributed by atoms with E-state index in [4.69, 9.17) is 21.4 Å². The van der Waals surface area contributed by atoms with E-state index < -0.39 is 17.5 Å². The molecule has 23 heavy (non-hydrogen) atoms. The number of nitro benzene ring substituents is 1. The van der Waals surface area contributed by atoms with Crippen LogP contribution in [0.2, 0.25) is 5.02 Å². The van der Waals surface area contributed by atoms with E-state index >= 15 is 0 Å². The third-order valence-electron chi connectivity index (χ3n) is 2.73. The van der Waals surface area contributed by atoms with Crippen LogP contribution in [0.4, 0.5) is 11.4 Å². The van der Waals surface area contributed by atoms with Gasteiger partial charge in [0.2, 0.25) is 0 Å². The molecule has 2 aromatic carbocycles. The number of halogens is 1. The lowest BCUT2D eigenvalue weighted by molar-refractivity contribution is -0.384.